The Morgan fingerprint density at radius 2 is 1.88 bits per heavy atom. The Balaban J connectivity index is 1.99. The molecule has 1 aliphatic carbocycles. The summed E-state index contributed by atoms with van der Waals surface area (Å²) in [7, 11) is 0. The molecule has 0 saturated heterocycles. The minimum Gasteiger partial charge on any atom is -0.256 e. The number of halogens is 1. The summed E-state index contributed by atoms with van der Waals surface area (Å²) < 4.78 is 1.11. The second-order valence-electron chi connectivity index (χ2n) is 3.82. The summed E-state index contributed by atoms with van der Waals surface area (Å²) in [5.41, 5.74) is 4.81. The van der Waals surface area contributed by atoms with Gasteiger partial charge in [0, 0.05) is 21.8 Å². The average Bonchev–Trinajstić information content (AvgIpc) is 2.74. The number of nitrogens with zero attached hydrogens (tertiary/aromatic N) is 1. The van der Waals surface area contributed by atoms with Gasteiger partial charge < -0.3 is 0 Å². The van der Waals surface area contributed by atoms with Gasteiger partial charge in [0.05, 0.1) is 5.71 Å². The number of aliphatic imine (C=N–C) groups is 1. The monoisotopic (exact) mass is 271 g/mol. The van der Waals surface area contributed by atoms with Gasteiger partial charge in [0.1, 0.15) is 0 Å². The van der Waals surface area contributed by atoms with Crippen LogP contribution in [-0.4, -0.2) is 5.71 Å². The number of benzene rings is 1. The molecule has 0 spiro atoms. The van der Waals surface area contributed by atoms with E-state index in [-0.39, 0.29) is 0 Å². The molecule has 1 aromatic rings. The molecule has 16 heavy (non-hydrogen) atoms. The largest absolute Gasteiger partial charge is 0.256 e. The van der Waals surface area contributed by atoms with Crippen molar-refractivity contribution in [3.05, 3.63) is 64.3 Å². The van der Waals surface area contributed by atoms with E-state index < -0.39 is 0 Å². The minimum absolute atomic E-state index is 1.00. The highest BCUT2D eigenvalue weighted by molar-refractivity contribution is 9.10. The van der Waals surface area contributed by atoms with Gasteiger partial charge >= 0.3 is 0 Å². The fraction of sp³-hybridized carbons (Fsp3) is 0.0714. The maximum absolute atomic E-state index is 4.43. The lowest BCUT2D eigenvalue weighted by Gasteiger charge is -2.09. The van der Waals surface area contributed by atoms with Gasteiger partial charge in [0.25, 0.3) is 0 Å². The van der Waals surface area contributed by atoms with Crippen LogP contribution in [0.4, 0.5) is 0 Å². The molecular formula is C14H10BrN. The molecule has 2 aliphatic rings. The first-order valence-corrected chi connectivity index (χ1v) is 6.05. The summed E-state index contributed by atoms with van der Waals surface area (Å²) in [6, 6.07) is 8.36. The fourth-order valence-electron chi connectivity index (χ4n) is 1.98. The van der Waals surface area contributed by atoms with Gasteiger partial charge in [-0.3, -0.25) is 4.99 Å². The summed E-state index contributed by atoms with van der Waals surface area (Å²) in [6.45, 7) is 0. The number of fused-ring (bicyclic) bond motifs is 1. The van der Waals surface area contributed by atoms with Crippen LogP contribution in [0.25, 0.3) is 5.57 Å². The fourth-order valence-corrected chi connectivity index (χ4v) is 2.25. The van der Waals surface area contributed by atoms with E-state index in [1.165, 1.54) is 16.7 Å². The van der Waals surface area contributed by atoms with Crippen LogP contribution in [0.15, 0.2) is 63.7 Å². The molecule has 0 amide bonds. The van der Waals surface area contributed by atoms with Crippen LogP contribution in [-0.2, 0) is 0 Å². The van der Waals surface area contributed by atoms with Crippen LogP contribution in [0.1, 0.15) is 12.0 Å². The third-order valence-electron chi connectivity index (χ3n) is 2.79. The Labute approximate surface area is 103 Å². The zero-order chi connectivity index (χ0) is 11.0. The zero-order valence-corrected chi connectivity index (χ0v) is 10.2. The van der Waals surface area contributed by atoms with E-state index in [4.69, 9.17) is 0 Å². The molecule has 0 saturated carbocycles. The standard InChI is InChI=1S/C14H10BrN/c15-11-7-5-10(6-8-11)13-9-16-14-4-2-1-3-12(13)14/h2-9H,1H2. The minimum atomic E-state index is 1.00. The van der Waals surface area contributed by atoms with Gasteiger partial charge in [0.2, 0.25) is 0 Å². The lowest BCUT2D eigenvalue weighted by Crippen LogP contribution is -2.00. The van der Waals surface area contributed by atoms with Crippen LogP contribution >= 0.6 is 15.9 Å². The predicted molar refractivity (Wildman–Crippen MR) is 71.4 cm³/mol. The molecule has 0 fully saturated rings. The molecule has 0 aromatic heterocycles. The molecule has 2 heteroatoms. The Hall–Kier alpha value is -1.41. The molecular weight excluding hydrogens is 262 g/mol. The van der Waals surface area contributed by atoms with E-state index in [1.54, 1.807) is 0 Å². The quantitative estimate of drug-likeness (QED) is 0.728. The Kier molecular flexibility index (Phi) is 2.37. The third kappa shape index (κ3) is 1.59. The van der Waals surface area contributed by atoms with Crippen molar-refractivity contribution in [2.45, 2.75) is 6.42 Å². The van der Waals surface area contributed by atoms with Crippen molar-refractivity contribution in [3.8, 4) is 0 Å². The molecule has 0 bridgehead atoms. The normalized spacial score (nSPS) is 17.7. The van der Waals surface area contributed by atoms with Crippen molar-refractivity contribution in [1.29, 1.82) is 0 Å². The molecule has 78 valence electrons. The van der Waals surface area contributed by atoms with E-state index in [1.807, 2.05) is 6.20 Å². The van der Waals surface area contributed by atoms with Crippen molar-refractivity contribution in [1.82, 2.24) is 0 Å². The molecule has 0 N–H and O–H groups in total. The number of rotatable bonds is 1. The highest BCUT2D eigenvalue weighted by atomic mass is 79.9. The van der Waals surface area contributed by atoms with Gasteiger partial charge in [0.15, 0.2) is 0 Å². The van der Waals surface area contributed by atoms with E-state index in [0.717, 1.165) is 16.6 Å². The summed E-state index contributed by atoms with van der Waals surface area (Å²) in [6.07, 6.45) is 9.43. The summed E-state index contributed by atoms with van der Waals surface area (Å²) in [5.74, 6) is 0. The van der Waals surface area contributed by atoms with E-state index >= 15 is 0 Å². The Morgan fingerprint density at radius 1 is 1.06 bits per heavy atom. The van der Waals surface area contributed by atoms with Crippen molar-refractivity contribution >= 4 is 27.2 Å². The zero-order valence-electron chi connectivity index (χ0n) is 8.65. The maximum Gasteiger partial charge on any atom is 0.0702 e. The van der Waals surface area contributed by atoms with Crippen LogP contribution in [0.2, 0.25) is 0 Å². The highest BCUT2D eigenvalue weighted by Crippen LogP contribution is 2.32. The maximum atomic E-state index is 4.43. The van der Waals surface area contributed by atoms with Gasteiger partial charge in [-0.1, -0.05) is 40.2 Å². The Morgan fingerprint density at radius 3 is 2.69 bits per heavy atom. The summed E-state index contributed by atoms with van der Waals surface area (Å²) in [5, 5.41) is 0. The lowest BCUT2D eigenvalue weighted by molar-refractivity contribution is 1.36. The van der Waals surface area contributed by atoms with Crippen LogP contribution < -0.4 is 0 Å². The molecule has 0 atom stereocenters. The number of hydrogen-bond donors (Lipinski definition) is 0. The van der Waals surface area contributed by atoms with Gasteiger partial charge in [-0.15, -0.1) is 0 Å². The first-order valence-electron chi connectivity index (χ1n) is 5.26. The smallest absolute Gasteiger partial charge is 0.0702 e. The first-order chi connectivity index (χ1) is 7.84. The van der Waals surface area contributed by atoms with E-state index in [9.17, 15) is 0 Å². The SMILES string of the molecule is Brc1ccc(C2=CN=C3C=CCC=C23)cc1. The van der Waals surface area contributed by atoms with Gasteiger partial charge in [-0.25, -0.2) is 0 Å². The number of allylic oxidation sites excluding steroid dienone is 5. The lowest BCUT2D eigenvalue weighted by atomic mass is 9.94. The Bertz CT molecular complexity index is 545. The number of hydrogen-bond acceptors (Lipinski definition) is 1. The molecule has 1 aliphatic heterocycles. The summed E-state index contributed by atoms with van der Waals surface area (Å²) in [4.78, 5) is 4.43. The predicted octanol–water partition coefficient (Wildman–Crippen LogP) is 4.13. The first kappa shape index (κ1) is 9.79. The highest BCUT2D eigenvalue weighted by Gasteiger charge is 2.18. The average molecular weight is 272 g/mol. The van der Waals surface area contributed by atoms with Crippen molar-refractivity contribution in [3.63, 3.8) is 0 Å². The molecule has 1 nitrogen and oxygen atoms in total. The molecule has 3 rings (SSSR count). The van der Waals surface area contributed by atoms with E-state index in [0.29, 0.717) is 0 Å². The van der Waals surface area contributed by atoms with Crippen LogP contribution in [0.5, 0.6) is 0 Å². The van der Waals surface area contributed by atoms with E-state index in [2.05, 4.69) is 63.4 Å². The van der Waals surface area contributed by atoms with Crippen LogP contribution in [0, 0.1) is 0 Å². The van der Waals surface area contributed by atoms with Crippen molar-refractivity contribution in [2.24, 2.45) is 4.99 Å². The van der Waals surface area contributed by atoms with Crippen LogP contribution in [0.3, 0.4) is 0 Å². The van der Waals surface area contributed by atoms with Gasteiger partial charge in [-0.05, 0) is 30.2 Å². The van der Waals surface area contributed by atoms with Crippen molar-refractivity contribution < 1.29 is 0 Å². The van der Waals surface area contributed by atoms with Gasteiger partial charge in [-0.2, -0.15) is 0 Å². The molecule has 1 aromatic carbocycles. The third-order valence-corrected chi connectivity index (χ3v) is 3.32. The van der Waals surface area contributed by atoms with Crippen molar-refractivity contribution in [2.75, 3.05) is 0 Å². The molecule has 1 heterocycles. The second-order valence-corrected chi connectivity index (χ2v) is 4.74. The topological polar surface area (TPSA) is 12.4 Å². The second kappa shape index (κ2) is 3.87. The molecule has 0 radical (unpaired) electrons. The molecule has 0 unspecified atom stereocenters. The summed E-state index contributed by atoms with van der Waals surface area (Å²) >= 11 is 3.45.